The van der Waals surface area contributed by atoms with Gasteiger partial charge in [-0.15, -0.1) is 0 Å². The number of likely N-dealkylation sites (tertiary alicyclic amines) is 1. The van der Waals surface area contributed by atoms with Crippen LogP contribution in [0.25, 0.3) is 0 Å². The third-order valence-electron chi connectivity index (χ3n) is 3.27. The zero-order chi connectivity index (χ0) is 9.75. The summed E-state index contributed by atoms with van der Waals surface area (Å²) >= 11 is 0. The first-order valence-corrected chi connectivity index (χ1v) is 4.91. The highest BCUT2D eigenvalue weighted by Crippen LogP contribution is 2.48. The Balaban J connectivity index is 2.16. The zero-order valence-corrected chi connectivity index (χ0v) is 8.28. The maximum Gasteiger partial charge on any atom is 0.233 e. The van der Waals surface area contributed by atoms with E-state index in [0.717, 1.165) is 6.42 Å². The molecule has 2 aliphatic rings. The molecule has 0 spiro atoms. The molecule has 0 aromatic rings. The first-order valence-electron chi connectivity index (χ1n) is 4.91. The molecule has 0 aromatic carbocycles. The maximum absolute atomic E-state index is 11.6. The molecule has 3 unspecified atom stereocenters. The molecule has 1 heterocycles. The number of piperidine rings is 1. The van der Waals surface area contributed by atoms with Gasteiger partial charge < -0.3 is 0 Å². The van der Waals surface area contributed by atoms with Crippen molar-refractivity contribution in [3.05, 3.63) is 0 Å². The van der Waals surface area contributed by atoms with E-state index in [1.807, 2.05) is 20.8 Å². The van der Waals surface area contributed by atoms with E-state index in [-0.39, 0.29) is 29.7 Å². The minimum atomic E-state index is 0.0497. The fourth-order valence-corrected chi connectivity index (χ4v) is 1.91. The molecule has 0 radical (unpaired) electrons. The van der Waals surface area contributed by atoms with Crippen LogP contribution in [0.4, 0.5) is 0 Å². The third kappa shape index (κ3) is 1.10. The molecular weight excluding hydrogens is 166 g/mol. The molecule has 0 bridgehead atoms. The van der Waals surface area contributed by atoms with Gasteiger partial charge in [-0.05, 0) is 19.3 Å². The summed E-state index contributed by atoms with van der Waals surface area (Å²) in [6.07, 6.45) is 0.805. The van der Waals surface area contributed by atoms with Gasteiger partial charge in [0.15, 0.2) is 0 Å². The van der Waals surface area contributed by atoms with Gasteiger partial charge in [0.2, 0.25) is 11.8 Å². The average Bonchev–Trinajstić information content (AvgIpc) is 2.77. The number of nitrogens with zero attached hydrogens (tertiary/aromatic N) is 1. The first kappa shape index (κ1) is 8.73. The van der Waals surface area contributed by atoms with E-state index < -0.39 is 0 Å². The third-order valence-corrected chi connectivity index (χ3v) is 3.27. The van der Waals surface area contributed by atoms with Crippen LogP contribution in [0.1, 0.15) is 27.2 Å². The molecule has 1 saturated heterocycles. The fraction of sp³-hybridized carbons (Fsp3) is 0.800. The Bertz CT molecular complexity index is 252. The molecule has 0 aromatic heterocycles. The van der Waals surface area contributed by atoms with E-state index in [9.17, 15) is 9.59 Å². The summed E-state index contributed by atoms with van der Waals surface area (Å²) in [5.74, 6) is 0.584. The number of carbonyl (C=O) groups excluding carboxylic acids is 2. The van der Waals surface area contributed by atoms with Gasteiger partial charge in [0.05, 0.1) is 11.8 Å². The van der Waals surface area contributed by atoms with Crippen LogP contribution < -0.4 is 0 Å². The highest BCUT2D eigenvalue weighted by Gasteiger charge is 2.59. The Hall–Kier alpha value is -0.860. The smallest absolute Gasteiger partial charge is 0.233 e. The van der Waals surface area contributed by atoms with Gasteiger partial charge in [-0.3, -0.25) is 14.5 Å². The van der Waals surface area contributed by atoms with Gasteiger partial charge in [0, 0.05) is 6.04 Å². The van der Waals surface area contributed by atoms with Crippen molar-refractivity contribution in [1.29, 1.82) is 0 Å². The molecule has 1 saturated carbocycles. The van der Waals surface area contributed by atoms with Crippen molar-refractivity contribution in [2.45, 2.75) is 33.2 Å². The summed E-state index contributed by atoms with van der Waals surface area (Å²) in [7, 11) is 0. The summed E-state index contributed by atoms with van der Waals surface area (Å²) in [4.78, 5) is 24.7. The number of amides is 2. The lowest BCUT2D eigenvalue weighted by molar-refractivity contribution is -0.144. The van der Waals surface area contributed by atoms with Gasteiger partial charge >= 0.3 is 0 Å². The van der Waals surface area contributed by atoms with Crippen LogP contribution in [0.2, 0.25) is 0 Å². The SMILES string of the molecule is CC(C)C(C)N1C(=O)C2CC2C1=O. The molecule has 1 aliphatic carbocycles. The number of hydrogen-bond acceptors (Lipinski definition) is 2. The van der Waals surface area contributed by atoms with E-state index in [2.05, 4.69) is 0 Å². The van der Waals surface area contributed by atoms with Gasteiger partial charge in [-0.2, -0.15) is 0 Å². The molecule has 2 fully saturated rings. The summed E-state index contributed by atoms with van der Waals surface area (Å²) in [5.41, 5.74) is 0. The van der Waals surface area contributed by atoms with Crippen molar-refractivity contribution in [2.24, 2.45) is 17.8 Å². The van der Waals surface area contributed by atoms with Gasteiger partial charge in [-0.25, -0.2) is 0 Å². The number of rotatable bonds is 2. The van der Waals surface area contributed by atoms with E-state index in [0.29, 0.717) is 5.92 Å². The Kier molecular flexibility index (Phi) is 1.72. The van der Waals surface area contributed by atoms with Crippen LogP contribution in [0.15, 0.2) is 0 Å². The monoisotopic (exact) mass is 181 g/mol. The van der Waals surface area contributed by atoms with E-state index in [1.165, 1.54) is 4.90 Å². The minimum Gasteiger partial charge on any atom is -0.279 e. The van der Waals surface area contributed by atoms with E-state index in [4.69, 9.17) is 0 Å². The lowest BCUT2D eigenvalue weighted by Gasteiger charge is -2.27. The van der Waals surface area contributed by atoms with E-state index in [1.54, 1.807) is 0 Å². The van der Waals surface area contributed by atoms with Crippen molar-refractivity contribution in [2.75, 3.05) is 0 Å². The zero-order valence-electron chi connectivity index (χ0n) is 8.28. The molecule has 13 heavy (non-hydrogen) atoms. The molecule has 0 N–H and O–H groups in total. The fourth-order valence-electron chi connectivity index (χ4n) is 1.91. The van der Waals surface area contributed by atoms with Crippen molar-refractivity contribution in [3.63, 3.8) is 0 Å². The van der Waals surface area contributed by atoms with Crippen molar-refractivity contribution in [1.82, 2.24) is 4.90 Å². The Labute approximate surface area is 78.1 Å². The van der Waals surface area contributed by atoms with Crippen molar-refractivity contribution < 1.29 is 9.59 Å². The highest BCUT2D eigenvalue weighted by atomic mass is 16.2. The predicted molar refractivity (Wildman–Crippen MR) is 47.8 cm³/mol. The molecule has 2 amide bonds. The maximum atomic E-state index is 11.6. The Morgan fingerprint density at radius 3 is 2.00 bits per heavy atom. The standard InChI is InChI=1S/C10H15NO2/c1-5(2)6(3)11-9(12)7-4-8(7)10(11)13/h5-8H,4H2,1-3H3. The summed E-state index contributed by atoms with van der Waals surface area (Å²) in [5, 5.41) is 0. The highest BCUT2D eigenvalue weighted by molar-refractivity contribution is 6.09. The molecular formula is C10H15NO2. The molecule has 3 nitrogen and oxygen atoms in total. The quantitative estimate of drug-likeness (QED) is 0.597. The predicted octanol–water partition coefficient (Wildman–Crippen LogP) is 1.04. The van der Waals surface area contributed by atoms with Gasteiger partial charge in [0.25, 0.3) is 0 Å². The lowest BCUT2D eigenvalue weighted by atomic mass is 10.0. The molecule has 1 aliphatic heterocycles. The normalized spacial score (nSPS) is 34.0. The second-order valence-corrected chi connectivity index (χ2v) is 4.48. The van der Waals surface area contributed by atoms with Crippen LogP contribution in [0.3, 0.4) is 0 Å². The minimum absolute atomic E-state index is 0.0497. The van der Waals surface area contributed by atoms with Crippen LogP contribution >= 0.6 is 0 Å². The lowest BCUT2D eigenvalue weighted by Crippen LogP contribution is -2.42. The number of fused-ring (bicyclic) bond motifs is 1. The summed E-state index contributed by atoms with van der Waals surface area (Å²) < 4.78 is 0. The largest absolute Gasteiger partial charge is 0.279 e. The van der Waals surface area contributed by atoms with Crippen LogP contribution in [-0.4, -0.2) is 22.8 Å². The van der Waals surface area contributed by atoms with Crippen LogP contribution in [-0.2, 0) is 9.59 Å². The van der Waals surface area contributed by atoms with Crippen molar-refractivity contribution >= 4 is 11.8 Å². The number of hydrogen-bond donors (Lipinski definition) is 0. The topological polar surface area (TPSA) is 37.4 Å². The Morgan fingerprint density at radius 2 is 1.62 bits per heavy atom. The second-order valence-electron chi connectivity index (χ2n) is 4.48. The first-order chi connectivity index (χ1) is 6.04. The Morgan fingerprint density at radius 1 is 1.15 bits per heavy atom. The summed E-state index contributed by atoms with van der Waals surface area (Å²) in [6.45, 7) is 6.02. The number of carbonyl (C=O) groups is 2. The van der Waals surface area contributed by atoms with Crippen LogP contribution in [0, 0.1) is 17.8 Å². The van der Waals surface area contributed by atoms with Crippen molar-refractivity contribution in [3.8, 4) is 0 Å². The second kappa shape index (κ2) is 2.56. The molecule has 2 rings (SSSR count). The van der Waals surface area contributed by atoms with Gasteiger partial charge in [0.1, 0.15) is 0 Å². The van der Waals surface area contributed by atoms with Gasteiger partial charge in [-0.1, -0.05) is 13.8 Å². The number of imide groups is 1. The molecule has 3 atom stereocenters. The summed E-state index contributed by atoms with van der Waals surface area (Å²) in [6, 6.07) is 0.0628. The average molecular weight is 181 g/mol. The van der Waals surface area contributed by atoms with Crippen LogP contribution in [0.5, 0.6) is 0 Å². The molecule has 72 valence electrons. The van der Waals surface area contributed by atoms with E-state index >= 15 is 0 Å². The molecule has 3 heteroatoms.